The molecule has 0 fully saturated rings. The maximum Gasteiger partial charge on any atom is 0.393 e. The van der Waals surface area contributed by atoms with Gasteiger partial charge in [0, 0.05) is 5.56 Å². The van der Waals surface area contributed by atoms with Crippen molar-refractivity contribution in [1.29, 1.82) is 0 Å². The predicted octanol–water partition coefficient (Wildman–Crippen LogP) is 5.81. The lowest BCUT2D eigenvalue weighted by atomic mass is 9.97. The number of hydrogen-bond donors (Lipinski definition) is 1. The van der Waals surface area contributed by atoms with Gasteiger partial charge in [-0.15, -0.1) is 20.1 Å². The van der Waals surface area contributed by atoms with Crippen LogP contribution in [0.15, 0.2) is 48.5 Å². The van der Waals surface area contributed by atoms with Crippen molar-refractivity contribution in [2.24, 2.45) is 0 Å². The molecule has 0 amide bonds. The minimum atomic E-state index is -4.41. The van der Waals surface area contributed by atoms with Gasteiger partial charge >= 0.3 is 6.18 Å². The molecule has 1 unspecified atom stereocenters. The fourth-order valence-corrected chi connectivity index (χ4v) is 3.93. The van der Waals surface area contributed by atoms with Crippen molar-refractivity contribution < 1.29 is 18.0 Å². The fraction of sp³-hybridized carbons (Fsp3) is 0.360. The second kappa shape index (κ2) is 10.3. The molecular formula is C25H27F3N6O. The number of halogens is 3. The van der Waals surface area contributed by atoms with Crippen LogP contribution in [0, 0.1) is 13.8 Å². The van der Waals surface area contributed by atoms with Gasteiger partial charge in [0.2, 0.25) is 5.82 Å². The summed E-state index contributed by atoms with van der Waals surface area (Å²) in [7, 11) is 0. The van der Waals surface area contributed by atoms with E-state index in [1.165, 1.54) is 4.85 Å². The highest BCUT2D eigenvalue weighted by Crippen LogP contribution is 2.34. The van der Waals surface area contributed by atoms with E-state index in [2.05, 4.69) is 32.6 Å². The molecule has 0 aliphatic carbocycles. The summed E-state index contributed by atoms with van der Waals surface area (Å²) >= 11 is 0. The number of nitrogens with zero attached hydrogens (tertiary/aromatic N) is 5. The largest absolute Gasteiger partial charge is 0.393 e. The van der Waals surface area contributed by atoms with Crippen LogP contribution in [0.2, 0.25) is 0 Å². The number of alkyl halides is 3. The van der Waals surface area contributed by atoms with Crippen molar-refractivity contribution in [3.8, 4) is 22.5 Å². The van der Waals surface area contributed by atoms with Crippen LogP contribution in [0.4, 0.5) is 13.2 Å². The first kappa shape index (κ1) is 24.4. The Morgan fingerprint density at radius 2 is 1.74 bits per heavy atom. The minimum Gasteiger partial charge on any atom is -0.388 e. The summed E-state index contributed by atoms with van der Waals surface area (Å²) in [5.41, 5.74) is 5.32. The summed E-state index contributed by atoms with van der Waals surface area (Å²) in [5, 5.41) is 18.6. The second-order valence-corrected chi connectivity index (χ2v) is 8.45. The standard InChI is InChI=1S/C25H27F3N6O/c1-4-5-10-22-16(2)17(3)34(31-22)35-23(15-25(26,27)28)19-13-11-18(12-14-19)20-8-6-7-9-21(20)24-29-32-33-30-24/h6-9,11-14,23H,4-5,10,15H2,1-3H3,(H,29,30,32,33). The van der Waals surface area contributed by atoms with Crippen LogP contribution in [-0.2, 0) is 6.42 Å². The summed E-state index contributed by atoms with van der Waals surface area (Å²) in [5.74, 6) is 0.436. The molecule has 7 nitrogen and oxygen atoms in total. The average Bonchev–Trinajstić information content (AvgIpc) is 3.46. The Morgan fingerprint density at radius 3 is 2.37 bits per heavy atom. The topological polar surface area (TPSA) is 81.5 Å². The maximum atomic E-state index is 13.5. The van der Waals surface area contributed by atoms with Crippen molar-refractivity contribution >= 4 is 0 Å². The van der Waals surface area contributed by atoms with E-state index >= 15 is 0 Å². The first-order valence-electron chi connectivity index (χ1n) is 11.5. The highest BCUT2D eigenvalue weighted by atomic mass is 19.4. The number of aryl methyl sites for hydroxylation is 1. The van der Waals surface area contributed by atoms with Gasteiger partial charge in [0.05, 0.1) is 17.8 Å². The van der Waals surface area contributed by atoms with Crippen molar-refractivity contribution in [2.75, 3.05) is 0 Å². The molecule has 0 saturated carbocycles. The lowest BCUT2D eigenvalue weighted by molar-refractivity contribution is -0.164. The molecule has 0 saturated heterocycles. The highest BCUT2D eigenvalue weighted by Gasteiger charge is 2.35. The number of H-pyrrole nitrogens is 1. The number of hydrogen-bond acceptors (Lipinski definition) is 5. The van der Waals surface area contributed by atoms with Gasteiger partial charge in [-0.2, -0.15) is 18.4 Å². The van der Waals surface area contributed by atoms with Gasteiger partial charge in [-0.05, 0) is 54.2 Å². The molecule has 0 spiro atoms. The Morgan fingerprint density at radius 1 is 1.03 bits per heavy atom. The third-order valence-corrected chi connectivity index (χ3v) is 5.99. The number of tetrazole rings is 1. The van der Waals surface area contributed by atoms with Crippen LogP contribution in [-0.4, -0.2) is 36.7 Å². The monoisotopic (exact) mass is 484 g/mol. The summed E-state index contributed by atoms with van der Waals surface area (Å²) in [6.45, 7) is 5.81. The van der Waals surface area contributed by atoms with E-state index < -0.39 is 18.7 Å². The zero-order chi connectivity index (χ0) is 25.0. The molecule has 0 radical (unpaired) electrons. The Bertz CT molecular complexity index is 1250. The van der Waals surface area contributed by atoms with E-state index in [9.17, 15) is 13.2 Å². The Kier molecular flexibility index (Phi) is 7.18. The van der Waals surface area contributed by atoms with E-state index in [1.807, 2.05) is 31.2 Å². The quantitative estimate of drug-likeness (QED) is 0.324. The van der Waals surface area contributed by atoms with E-state index in [-0.39, 0.29) is 0 Å². The van der Waals surface area contributed by atoms with Gasteiger partial charge in [-0.3, -0.25) is 0 Å². The normalized spacial score (nSPS) is 12.6. The maximum absolute atomic E-state index is 13.5. The number of rotatable bonds is 9. The number of nitrogens with one attached hydrogen (secondary N) is 1. The van der Waals surface area contributed by atoms with E-state index in [0.717, 1.165) is 47.2 Å². The van der Waals surface area contributed by atoms with Crippen molar-refractivity contribution in [2.45, 2.75) is 58.7 Å². The smallest absolute Gasteiger partial charge is 0.388 e. The van der Waals surface area contributed by atoms with Gasteiger partial charge in [0.15, 0.2) is 6.10 Å². The Hall–Kier alpha value is -3.69. The summed E-state index contributed by atoms with van der Waals surface area (Å²) in [6.07, 6.45) is -4.06. The summed E-state index contributed by atoms with van der Waals surface area (Å²) in [6, 6.07) is 14.4. The molecule has 0 aliphatic rings. The zero-order valence-electron chi connectivity index (χ0n) is 19.8. The van der Waals surface area contributed by atoms with Crippen LogP contribution >= 0.6 is 0 Å². The summed E-state index contributed by atoms with van der Waals surface area (Å²) < 4.78 is 40.4. The van der Waals surface area contributed by atoms with Gasteiger partial charge in [-0.25, -0.2) is 0 Å². The second-order valence-electron chi connectivity index (χ2n) is 8.45. The van der Waals surface area contributed by atoms with Gasteiger partial charge < -0.3 is 4.84 Å². The molecular weight excluding hydrogens is 457 g/mol. The Balaban J connectivity index is 1.63. The van der Waals surface area contributed by atoms with Crippen LogP contribution in [0.1, 0.15) is 54.8 Å². The van der Waals surface area contributed by atoms with Crippen LogP contribution in [0.25, 0.3) is 22.5 Å². The van der Waals surface area contributed by atoms with E-state index in [4.69, 9.17) is 4.84 Å². The van der Waals surface area contributed by atoms with Crippen LogP contribution < -0.4 is 4.84 Å². The number of benzene rings is 2. The molecule has 1 atom stereocenters. The molecule has 0 aliphatic heterocycles. The molecule has 1 N–H and O–H groups in total. The van der Waals surface area contributed by atoms with Gasteiger partial charge in [0.1, 0.15) is 0 Å². The number of aromatic amines is 1. The molecule has 2 aromatic heterocycles. The van der Waals surface area contributed by atoms with E-state index in [1.54, 1.807) is 31.2 Å². The molecule has 184 valence electrons. The molecule has 10 heteroatoms. The molecule has 35 heavy (non-hydrogen) atoms. The first-order valence-corrected chi connectivity index (χ1v) is 11.5. The third kappa shape index (κ3) is 5.70. The zero-order valence-corrected chi connectivity index (χ0v) is 19.8. The average molecular weight is 485 g/mol. The van der Waals surface area contributed by atoms with Gasteiger partial charge in [0.25, 0.3) is 0 Å². The number of unbranched alkanes of at least 4 members (excludes halogenated alkanes) is 1. The van der Waals surface area contributed by atoms with Crippen molar-refractivity contribution in [3.63, 3.8) is 0 Å². The van der Waals surface area contributed by atoms with Crippen LogP contribution in [0.3, 0.4) is 0 Å². The molecule has 2 heterocycles. The lowest BCUT2D eigenvalue weighted by Gasteiger charge is -2.21. The third-order valence-electron chi connectivity index (χ3n) is 5.99. The molecule has 4 aromatic rings. The molecule has 4 rings (SSSR count). The minimum absolute atomic E-state index is 0.408. The molecule has 0 bridgehead atoms. The fourth-order valence-electron chi connectivity index (χ4n) is 3.93. The molecule has 2 aromatic carbocycles. The van der Waals surface area contributed by atoms with Crippen molar-refractivity contribution in [1.82, 2.24) is 30.6 Å². The van der Waals surface area contributed by atoms with E-state index in [0.29, 0.717) is 17.1 Å². The lowest BCUT2D eigenvalue weighted by Crippen LogP contribution is -2.25. The highest BCUT2D eigenvalue weighted by molar-refractivity contribution is 5.80. The first-order chi connectivity index (χ1) is 16.8. The summed E-state index contributed by atoms with van der Waals surface area (Å²) in [4.78, 5) is 7.08. The van der Waals surface area contributed by atoms with Gasteiger partial charge in [-0.1, -0.05) is 61.9 Å². The Labute approximate surface area is 201 Å². The number of aromatic nitrogens is 6. The van der Waals surface area contributed by atoms with Crippen LogP contribution in [0.5, 0.6) is 0 Å². The predicted molar refractivity (Wildman–Crippen MR) is 125 cm³/mol. The van der Waals surface area contributed by atoms with Crippen molar-refractivity contribution in [3.05, 3.63) is 71.0 Å². The SMILES string of the molecule is CCCCc1nn(OC(CC(F)(F)F)c2ccc(-c3ccccc3-c3nn[nH]n3)cc2)c(C)c1C.